The van der Waals surface area contributed by atoms with Crippen LogP contribution in [0.5, 0.6) is 0 Å². The Labute approximate surface area is 162 Å². The van der Waals surface area contributed by atoms with Crippen LogP contribution in [-0.2, 0) is 18.8 Å². The summed E-state index contributed by atoms with van der Waals surface area (Å²) in [6.07, 6.45) is -9.54. The highest BCUT2D eigenvalue weighted by Crippen LogP contribution is 2.39. The minimum absolute atomic E-state index is 0.155. The molecule has 0 saturated carbocycles. The second kappa shape index (κ2) is 7.59. The molecule has 1 heterocycles. The van der Waals surface area contributed by atoms with Crippen molar-refractivity contribution in [1.29, 1.82) is 5.26 Å². The molecule has 0 bridgehead atoms. The molecule has 3 aromatic rings. The molecule has 0 aliphatic carbocycles. The van der Waals surface area contributed by atoms with Gasteiger partial charge in [-0.15, -0.1) is 0 Å². The van der Waals surface area contributed by atoms with Crippen molar-refractivity contribution >= 4 is 0 Å². The lowest BCUT2D eigenvalue weighted by Crippen LogP contribution is -2.09. The molecule has 3 rings (SSSR count). The number of pyridine rings is 1. The van der Waals surface area contributed by atoms with E-state index in [4.69, 9.17) is 5.26 Å². The predicted octanol–water partition coefficient (Wildman–Crippen LogP) is 6.52. The highest BCUT2D eigenvalue weighted by Gasteiger charge is 2.35. The maximum atomic E-state index is 13.4. The molecule has 29 heavy (non-hydrogen) atoms. The smallest absolute Gasteiger partial charge is 0.248 e. The first-order chi connectivity index (χ1) is 13.6. The Hall–Kier alpha value is -3.34. The van der Waals surface area contributed by atoms with Crippen molar-refractivity contribution in [3.63, 3.8) is 0 Å². The number of nitriles is 1. The summed E-state index contributed by atoms with van der Waals surface area (Å²) in [5.41, 5.74) is -2.51. The van der Waals surface area contributed by atoms with Gasteiger partial charge in [0.25, 0.3) is 0 Å². The van der Waals surface area contributed by atoms with Crippen LogP contribution < -0.4 is 0 Å². The molecule has 0 amide bonds. The minimum Gasteiger partial charge on any atom is -0.248 e. The van der Waals surface area contributed by atoms with E-state index >= 15 is 0 Å². The Kier molecular flexibility index (Phi) is 5.33. The summed E-state index contributed by atoms with van der Waals surface area (Å²) in [5, 5.41) is 8.98. The Morgan fingerprint density at radius 2 is 1.14 bits per heavy atom. The predicted molar refractivity (Wildman–Crippen MR) is 94.4 cm³/mol. The number of halogens is 6. The lowest BCUT2D eigenvalue weighted by molar-refractivity contribution is -0.137. The number of benzene rings is 2. The van der Waals surface area contributed by atoms with E-state index < -0.39 is 23.5 Å². The van der Waals surface area contributed by atoms with Crippen molar-refractivity contribution in [3.05, 3.63) is 77.4 Å². The van der Waals surface area contributed by atoms with Gasteiger partial charge in [-0.25, -0.2) is 4.98 Å². The third kappa shape index (κ3) is 4.40. The molecule has 0 fully saturated rings. The zero-order valence-corrected chi connectivity index (χ0v) is 14.6. The second-order valence-electron chi connectivity index (χ2n) is 6.17. The van der Waals surface area contributed by atoms with Crippen molar-refractivity contribution in [2.24, 2.45) is 0 Å². The van der Waals surface area contributed by atoms with Gasteiger partial charge in [0, 0.05) is 11.1 Å². The lowest BCUT2D eigenvalue weighted by Gasteiger charge is -2.16. The summed E-state index contributed by atoms with van der Waals surface area (Å²) in [7, 11) is 0. The van der Waals surface area contributed by atoms with Crippen LogP contribution in [0, 0.1) is 11.3 Å². The SMILES string of the molecule is N#CCc1cc(-c2ccccc2C(F)(F)F)nc(-c2ccccc2C(F)(F)F)c1. The quantitative estimate of drug-likeness (QED) is 0.465. The largest absolute Gasteiger partial charge is 0.417 e. The maximum Gasteiger partial charge on any atom is 0.417 e. The summed E-state index contributed by atoms with van der Waals surface area (Å²) in [5.74, 6) is 0. The first-order valence-electron chi connectivity index (χ1n) is 8.32. The van der Waals surface area contributed by atoms with Crippen LogP contribution in [0.15, 0.2) is 60.7 Å². The van der Waals surface area contributed by atoms with Gasteiger partial charge in [0.2, 0.25) is 0 Å². The van der Waals surface area contributed by atoms with E-state index in [1.807, 2.05) is 6.07 Å². The Bertz CT molecular complexity index is 1000. The lowest BCUT2D eigenvalue weighted by atomic mass is 9.98. The average Bonchev–Trinajstić information content (AvgIpc) is 2.67. The van der Waals surface area contributed by atoms with E-state index in [1.54, 1.807) is 0 Å². The fourth-order valence-electron chi connectivity index (χ4n) is 2.96. The van der Waals surface area contributed by atoms with E-state index in [-0.39, 0.29) is 34.5 Å². The summed E-state index contributed by atoms with van der Waals surface area (Å²) in [6.45, 7) is 0. The molecule has 0 N–H and O–H groups in total. The minimum atomic E-state index is -4.67. The maximum absolute atomic E-state index is 13.4. The first kappa shape index (κ1) is 20.4. The molecule has 0 radical (unpaired) electrons. The second-order valence-corrected chi connectivity index (χ2v) is 6.17. The van der Waals surface area contributed by atoms with E-state index in [2.05, 4.69) is 4.98 Å². The fraction of sp³-hybridized carbons (Fsp3) is 0.143. The van der Waals surface area contributed by atoms with Crippen LogP contribution in [0.3, 0.4) is 0 Å². The summed E-state index contributed by atoms with van der Waals surface area (Å²) >= 11 is 0. The molecule has 0 atom stereocenters. The Morgan fingerprint density at radius 3 is 1.52 bits per heavy atom. The summed E-state index contributed by atoms with van der Waals surface area (Å²) < 4.78 is 80.4. The molecule has 8 heteroatoms. The highest BCUT2D eigenvalue weighted by molar-refractivity contribution is 5.72. The van der Waals surface area contributed by atoms with Crippen LogP contribution in [0.4, 0.5) is 26.3 Å². The van der Waals surface area contributed by atoms with Crippen molar-refractivity contribution in [1.82, 2.24) is 4.98 Å². The molecule has 0 spiro atoms. The van der Waals surface area contributed by atoms with Crippen molar-refractivity contribution < 1.29 is 26.3 Å². The standard InChI is InChI=1S/C21H12F6N2/c22-20(23,24)16-7-3-1-5-14(16)18-11-13(9-10-28)12-19(29-18)15-6-2-4-8-17(15)21(25,26)27/h1-8,11-12H,9H2. The summed E-state index contributed by atoms with van der Waals surface area (Å²) in [6, 6.07) is 13.8. The number of aromatic nitrogens is 1. The van der Waals surface area contributed by atoms with E-state index in [1.165, 1.54) is 48.5 Å². The average molecular weight is 406 g/mol. The number of alkyl halides is 6. The van der Waals surface area contributed by atoms with Crippen LogP contribution in [-0.4, -0.2) is 4.98 Å². The number of hydrogen-bond donors (Lipinski definition) is 0. The Balaban J connectivity index is 2.28. The van der Waals surface area contributed by atoms with Crippen molar-refractivity contribution in [3.8, 4) is 28.6 Å². The molecule has 0 aliphatic rings. The van der Waals surface area contributed by atoms with Gasteiger partial charge in [0.15, 0.2) is 0 Å². The number of rotatable bonds is 3. The van der Waals surface area contributed by atoms with E-state index in [0.717, 1.165) is 12.1 Å². The van der Waals surface area contributed by atoms with Crippen LogP contribution in [0.25, 0.3) is 22.5 Å². The number of nitrogens with zero attached hydrogens (tertiary/aromatic N) is 2. The molecule has 2 aromatic carbocycles. The van der Waals surface area contributed by atoms with Crippen molar-refractivity contribution in [2.75, 3.05) is 0 Å². The summed E-state index contributed by atoms with van der Waals surface area (Å²) in [4.78, 5) is 4.10. The van der Waals surface area contributed by atoms with Gasteiger partial charge in [0.1, 0.15) is 0 Å². The van der Waals surface area contributed by atoms with E-state index in [9.17, 15) is 26.3 Å². The van der Waals surface area contributed by atoms with Crippen LogP contribution in [0.1, 0.15) is 16.7 Å². The van der Waals surface area contributed by atoms with Gasteiger partial charge in [-0.05, 0) is 29.8 Å². The fourth-order valence-corrected chi connectivity index (χ4v) is 2.96. The van der Waals surface area contributed by atoms with E-state index in [0.29, 0.717) is 0 Å². The normalized spacial score (nSPS) is 11.9. The molecular weight excluding hydrogens is 394 g/mol. The molecule has 0 saturated heterocycles. The topological polar surface area (TPSA) is 36.7 Å². The van der Waals surface area contributed by atoms with Gasteiger partial charge in [-0.2, -0.15) is 31.6 Å². The zero-order valence-electron chi connectivity index (χ0n) is 14.6. The molecule has 1 aromatic heterocycles. The highest BCUT2D eigenvalue weighted by atomic mass is 19.4. The molecule has 2 nitrogen and oxygen atoms in total. The molecule has 0 unspecified atom stereocenters. The van der Waals surface area contributed by atoms with Crippen LogP contribution >= 0.6 is 0 Å². The Morgan fingerprint density at radius 1 is 0.724 bits per heavy atom. The molecule has 0 aliphatic heterocycles. The first-order valence-corrected chi connectivity index (χ1v) is 8.32. The van der Waals surface area contributed by atoms with Gasteiger partial charge in [-0.3, -0.25) is 0 Å². The molecular formula is C21H12F6N2. The third-order valence-electron chi connectivity index (χ3n) is 4.19. The van der Waals surface area contributed by atoms with Gasteiger partial charge >= 0.3 is 12.4 Å². The zero-order chi connectivity index (χ0) is 21.2. The van der Waals surface area contributed by atoms with Gasteiger partial charge in [0.05, 0.1) is 35.0 Å². The number of hydrogen-bond acceptors (Lipinski definition) is 2. The third-order valence-corrected chi connectivity index (χ3v) is 4.19. The van der Waals surface area contributed by atoms with Gasteiger partial charge < -0.3 is 0 Å². The van der Waals surface area contributed by atoms with Crippen molar-refractivity contribution in [2.45, 2.75) is 18.8 Å². The van der Waals surface area contributed by atoms with Crippen LogP contribution in [0.2, 0.25) is 0 Å². The van der Waals surface area contributed by atoms with Gasteiger partial charge in [-0.1, -0.05) is 36.4 Å². The molecule has 148 valence electrons. The monoisotopic (exact) mass is 406 g/mol.